The molecule has 32 heavy (non-hydrogen) atoms. The molecule has 0 spiro atoms. The van der Waals surface area contributed by atoms with Crippen molar-refractivity contribution in [2.45, 2.75) is 20.0 Å². The third-order valence-electron chi connectivity index (χ3n) is 5.37. The summed E-state index contributed by atoms with van der Waals surface area (Å²) >= 11 is 0. The monoisotopic (exact) mass is 448 g/mol. The maximum Gasteiger partial charge on any atom is 0.270 e. The van der Waals surface area contributed by atoms with Crippen molar-refractivity contribution < 1.29 is 17.9 Å². The number of sulfonamides is 1. The number of benzene rings is 3. The summed E-state index contributed by atoms with van der Waals surface area (Å²) in [5, 5.41) is 2.99. The molecule has 0 saturated carbocycles. The van der Waals surface area contributed by atoms with Gasteiger partial charge in [-0.05, 0) is 30.7 Å². The summed E-state index contributed by atoms with van der Waals surface area (Å²) in [6, 6.07) is 21.9. The number of nitrogens with one attached hydrogen (secondary N) is 1. The summed E-state index contributed by atoms with van der Waals surface area (Å²) in [6.07, 6.45) is 1.29. The number of rotatable bonds is 6. The Bertz CT molecular complexity index is 1280. The number of carbonyl (C=O) groups is 1. The maximum atomic E-state index is 13.5. The number of hydrogen-bond donors (Lipinski definition) is 1. The topological polar surface area (TPSA) is 75.7 Å². The summed E-state index contributed by atoms with van der Waals surface area (Å²) in [6.45, 7) is 2.43. The van der Waals surface area contributed by atoms with Crippen LogP contribution in [0, 0.1) is 6.92 Å². The van der Waals surface area contributed by atoms with Crippen molar-refractivity contribution in [2.75, 3.05) is 11.4 Å². The molecule has 164 valence electrons. The minimum absolute atomic E-state index is 0.136. The van der Waals surface area contributed by atoms with Gasteiger partial charge in [0.05, 0.1) is 19.3 Å². The van der Waals surface area contributed by atoms with Crippen molar-refractivity contribution in [3.8, 4) is 5.75 Å². The summed E-state index contributed by atoms with van der Waals surface area (Å²) in [4.78, 5) is 12.8. The number of ketones is 1. The highest BCUT2D eigenvalue weighted by atomic mass is 32.2. The molecule has 1 aliphatic rings. The lowest BCUT2D eigenvalue weighted by molar-refractivity contribution is 0.104. The first-order chi connectivity index (χ1) is 15.4. The van der Waals surface area contributed by atoms with Crippen LogP contribution in [0.1, 0.15) is 27.0 Å². The predicted octanol–water partition coefficient (Wildman–Crippen LogP) is 4.17. The molecule has 0 fully saturated rings. The lowest BCUT2D eigenvalue weighted by atomic mass is 10.1. The molecular weight excluding hydrogens is 424 g/mol. The van der Waals surface area contributed by atoms with Crippen LogP contribution >= 0.6 is 0 Å². The van der Waals surface area contributed by atoms with Crippen molar-refractivity contribution >= 4 is 21.5 Å². The van der Waals surface area contributed by atoms with Gasteiger partial charge in [0.1, 0.15) is 5.75 Å². The van der Waals surface area contributed by atoms with Gasteiger partial charge in [-0.2, -0.15) is 0 Å². The van der Waals surface area contributed by atoms with Crippen molar-refractivity contribution in [1.82, 2.24) is 5.32 Å². The number of para-hydroxylation sites is 2. The Hall–Kier alpha value is -3.58. The number of hydrogen-bond acceptors (Lipinski definition) is 5. The van der Waals surface area contributed by atoms with Gasteiger partial charge >= 0.3 is 0 Å². The van der Waals surface area contributed by atoms with E-state index >= 15 is 0 Å². The molecule has 0 radical (unpaired) electrons. The van der Waals surface area contributed by atoms with Crippen LogP contribution in [0.25, 0.3) is 0 Å². The van der Waals surface area contributed by atoms with E-state index in [1.807, 2.05) is 55.5 Å². The smallest absolute Gasteiger partial charge is 0.270 e. The standard InChI is InChI=1S/C25H24N2O4S/c1-18-11-13-19(14-12-18)17-27-22-9-5-4-8-21(22)25(28)24(32(27,29)30)16-26-15-20-7-3-6-10-23(20)31-2/h3-14,16,26H,15,17H2,1-2H3/b24-16+. The Labute approximate surface area is 188 Å². The summed E-state index contributed by atoms with van der Waals surface area (Å²) in [5.41, 5.74) is 3.53. The van der Waals surface area contributed by atoms with E-state index in [1.165, 1.54) is 10.5 Å². The fraction of sp³-hybridized carbons (Fsp3) is 0.160. The van der Waals surface area contributed by atoms with Crippen LogP contribution < -0.4 is 14.4 Å². The number of nitrogens with zero attached hydrogens (tertiary/aromatic N) is 1. The normalized spacial score (nSPS) is 16.0. The Morgan fingerprint density at radius 1 is 0.969 bits per heavy atom. The number of allylic oxidation sites excluding steroid dienone is 1. The van der Waals surface area contributed by atoms with Crippen LogP contribution in [-0.2, 0) is 23.1 Å². The van der Waals surface area contributed by atoms with E-state index in [4.69, 9.17) is 4.74 Å². The van der Waals surface area contributed by atoms with Gasteiger partial charge in [0.25, 0.3) is 10.0 Å². The Morgan fingerprint density at radius 3 is 2.41 bits per heavy atom. The molecule has 1 heterocycles. The van der Waals surface area contributed by atoms with Crippen LogP contribution in [0.5, 0.6) is 5.75 Å². The van der Waals surface area contributed by atoms with Crippen LogP contribution in [0.3, 0.4) is 0 Å². The molecule has 6 nitrogen and oxygen atoms in total. The minimum Gasteiger partial charge on any atom is -0.496 e. The second kappa shape index (κ2) is 8.88. The third-order valence-corrected chi connectivity index (χ3v) is 7.14. The lowest BCUT2D eigenvalue weighted by Crippen LogP contribution is -2.39. The highest BCUT2D eigenvalue weighted by Gasteiger charge is 2.39. The van der Waals surface area contributed by atoms with E-state index in [2.05, 4.69) is 5.32 Å². The number of ether oxygens (including phenoxy) is 1. The Kier molecular flexibility index (Phi) is 6.01. The van der Waals surface area contributed by atoms with E-state index in [-0.39, 0.29) is 11.4 Å². The van der Waals surface area contributed by atoms with Crippen LogP contribution in [0.4, 0.5) is 5.69 Å². The summed E-state index contributed by atoms with van der Waals surface area (Å²) in [7, 11) is -2.48. The average molecular weight is 449 g/mol. The molecule has 0 aliphatic carbocycles. The van der Waals surface area contributed by atoms with Crippen molar-refractivity contribution in [2.24, 2.45) is 0 Å². The number of anilines is 1. The number of carbonyl (C=O) groups excluding carboxylic acids is 1. The molecule has 0 aromatic heterocycles. The molecule has 0 bridgehead atoms. The van der Waals surface area contributed by atoms with Gasteiger partial charge in [-0.3, -0.25) is 9.10 Å². The van der Waals surface area contributed by atoms with Gasteiger partial charge in [-0.1, -0.05) is 60.2 Å². The molecular formula is C25H24N2O4S. The zero-order valence-electron chi connectivity index (χ0n) is 17.9. The predicted molar refractivity (Wildman–Crippen MR) is 125 cm³/mol. The highest BCUT2D eigenvalue weighted by Crippen LogP contribution is 2.36. The molecule has 3 aromatic rings. The number of aryl methyl sites for hydroxylation is 1. The molecule has 7 heteroatoms. The number of methoxy groups -OCH3 is 1. The molecule has 1 N–H and O–H groups in total. The van der Waals surface area contributed by atoms with Gasteiger partial charge in [0.2, 0.25) is 5.78 Å². The fourth-order valence-electron chi connectivity index (χ4n) is 3.65. The fourth-order valence-corrected chi connectivity index (χ4v) is 5.20. The maximum absolute atomic E-state index is 13.5. The zero-order valence-corrected chi connectivity index (χ0v) is 18.7. The van der Waals surface area contributed by atoms with E-state index in [0.717, 1.165) is 16.7 Å². The molecule has 3 aromatic carbocycles. The Balaban J connectivity index is 1.69. The first kappa shape index (κ1) is 21.6. The molecule has 0 saturated heterocycles. The quantitative estimate of drug-likeness (QED) is 0.573. The average Bonchev–Trinajstić information content (AvgIpc) is 2.80. The second-order valence-electron chi connectivity index (χ2n) is 7.54. The molecule has 4 rings (SSSR count). The van der Waals surface area contributed by atoms with Crippen LogP contribution in [0.2, 0.25) is 0 Å². The van der Waals surface area contributed by atoms with Crippen LogP contribution in [0.15, 0.2) is 83.9 Å². The van der Waals surface area contributed by atoms with E-state index in [1.54, 1.807) is 31.4 Å². The summed E-state index contributed by atoms with van der Waals surface area (Å²) in [5.74, 6) is 0.163. The molecule has 0 atom stereocenters. The largest absolute Gasteiger partial charge is 0.496 e. The zero-order chi connectivity index (χ0) is 22.7. The number of Topliss-reactive ketones (excluding diaryl/α,β-unsaturated/α-hetero) is 1. The second-order valence-corrected chi connectivity index (χ2v) is 9.38. The van der Waals surface area contributed by atoms with Gasteiger partial charge in [-0.25, -0.2) is 8.42 Å². The van der Waals surface area contributed by atoms with E-state index in [9.17, 15) is 13.2 Å². The van der Waals surface area contributed by atoms with Gasteiger partial charge < -0.3 is 10.1 Å². The molecule has 0 unspecified atom stereocenters. The van der Waals surface area contributed by atoms with E-state index in [0.29, 0.717) is 23.5 Å². The van der Waals surface area contributed by atoms with E-state index < -0.39 is 15.8 Å². The molecule has 0 amide bonds. The third kappa shape index (κ3) is 4.11. The van der Waals surface area contributed by atoms with Crippen molar-refractivity contribution in [3.05, 3.63) is 106 Å². The minimum atomic E-state index is -4.05. The van der Waals surface area contributed by atoms with Crippen molar-refractivity contribution in [3.63, 3.8) is 0 Å². The van der Waals surface area contributed by atoms with Crippen LogP contribution in [-0.4, -0.2) is 21.3 Å². The van der Waals surface area contributed by atoms with Gasteiger partial charge in [0.15, 0.2) is 4.91 Å². The van der Waals surface area contributed by atoms with Gasteiger partial charge in [-0.15, -0.1) is 0 Å². The molecule has 1 aliphatic heterocycles. The summed E-state index contributed by atoms with van der Waals surface area (Å²) < 4.78 is 33.6. The SMILES string of the molecule is COc1ccccc1CN/C=C1\C(=O)c2ccccc2N(Cc2ccc(C)cc2)S1(=O)=O. The van der Waals surface area contributed by atoms with Crippen molar-refractivity contribution in [1.29, 1.82) is 0 Å². The van der Waals surface area contributed by atoms with Gasteiger partial charge in [0, 0.05) is 23.9 Å². The first-order valence-electron chi connectivity index (χ1n) is 10.2. The number of fused-ring (bicyclic) bond motifs is 1. The first-order valence-corrected chi connectivity index (χ1v) is 11.6. The lowest BCUT2D eigenvalue weighted by Gasteiger charge is -2.31. The Morgan fingerprint density at radius 2 is 1.66 bits per heavy atom. The highest BCUT2D eigenvalue weighted by molar-refractivity contribution is 7.97.